The van der Waals surface area contributed by atoms with Crippen molar-refractivity contribution in [3.8, 4) is 0 Å². The molecule has 0 nitrogen and oxygen atoms in total. The summed E-state index contributed by atoms with van der Waals surface area (Å²) in [5, 5.41) is 0. The Bertz CT molecular complexity index is 384. The highest BCUT2D eigenvalue weighted by molar-refractivity contribution is 5.03. The van der Waals surface area contributed by atoms with Gasteiger partial charge in [-0.15, -0.1) is 0 Å². The fraction of sp³-hybridized carbons (Fsp3) is 0.500. The summed E-state index contributed by atoms with van der Waals surface area (Å²) in [6, 6.07) is 11.0. The minimum Gasteiger partial charge on any atom is -0.0619 e. The van der Waals surface area contributed by atoms with Crippen LogP contribution in [0.1, 0.15) is 40.0 Å². The van der Waals surface area contributed by atoms with E-state index >= 15 is 0 Å². The number of hydrogen-bond acceptors (Lipinski definition) is 0. The molecular weight excluding hydrogens is 319 g/mol. The van der Waals surface area contributed by atoms with Gasteiger partial charge in [-0.3, -0.25) is 0 Å². The molecule has 1 aromatic carbocycles. The van der Waals surface area contributed by atoms with Crippen molar-refractivity contribution >= 4 is 0 Å². The maximum atomic E-state index is 2.52. The molecule has 0 bridgehead atoms. The van der Waals surface area contributed by atoms with Crippen LogP contribution in [-0.4, -0.2) is 0 Å². The largest absolute Gasteiger partial charge is 0.352 e. The molecule has 0 saturated heterocycles. The van der Waals surface area contributed by atoms with E-state index in [1.165, 1.54) is 19.3 Å². The molecule has 0 fully saturated rings. The highest BCUT2D eigenvalue weighted by Gasteiger charge is 2.32. The van der Waals surface area contributed by atoms with Gasteiger partial charge in [0.15, 0.2) is 7.15 Å². The summed E-state index contributed by atoms with van der Waals surface area (Å²) >= 11 is 0.0912. The van der Waals surface area contributed by atoms with Gasteiger partial charge >= 0.3 is 21.2 Å². The predicted molar refractivity (Wildman–Crippen MR) is 70.0 cm³/mol. The fourth-order valence-corrected chi connectivity index (χ4v) is 5.15. The van der Waals surface area contributed by atoms with Crippen molar-refractivity contribution in [3.05, 3.63) is 43.6 Å². The quantitative estimate of drug-likeness (QED) is 0.718. The van der Waals surface area contributed by atoms with Gasteiger partial charge in [-0.25, -0.2) is 0 Å². The number of halogens is 1. The number of benzene rings is 1. The zero-order chi connectivity index (χ0) is 12.3. The first-order valence-electron chi connectivity index (χ1n) is 6.44. The second kappa shape index (κ2) is 5.55. The summed E-state index contributed by atoms with van der Waals surface area (Å²) < 4.78 is 3.31. The second-order valence-electron chi connectivity index (χ2n) is 5.89. The molecule has 1 aliphatic carbocycles. The van der Waals surface area contributed by atoms with E-state index in [1.54, 1.807) is 7.15 Å². The topological polar surface area (TPSA) is 0 Å². The molecule has 1 aromatic rings. The third kappa shape index (κ3) is 3.84. The van der Waals surface area contributed by atoms with Gasteiger partial charge in [0.1, 0.15) is 0 Å². The summed E-state index contributed by atoms with van der Waals surface area (Å²) in [6.45, 7) is 7.17. The zero-order valence-corrected chi connectivity index (χ0v) is 13.2. The van der Waals surface area contributed by atoms with E-state index < -0.39 is 0 Å². The van der Waals surface area contributed by atoms with Crippen molar-refractivity contribution in [3.63, 3.8) is 0 Å². The molecule has 0 radical (unpaired) electrons. The molecular formula is C16H22I+. The van der Waals surface area contributed by atoms with Gasteiger partial charge < -0.3 is 0 Å². The second-order valence-corrected chi connectivity index (χ2v) is 9.06. The maximum Gasteiger partial charge on any atom is 0.352 e. The molecule has 0 aliphatic heterocycles. The predicted octanol–water partition coefficient (Wildman–Crippen LogP) is 1.68. The number of allylic oxidation sites excluding steroid dienone is 2. The lowest BCUT2D eigenvalue weighted by molar-refractivity contribution is -0.580. The van der Waals surface area contributed by atoms with Gasteiger partial charge in [-0.1, -0.05) is 39.0 Å². The van der Waals surface area contributed by atoms with Crippen molar-refractivity contribution in [2.24, 2.45) is 11.3 Å². The van der Waals surface area contributed by atoms with Gasteiger partial charge in [-0.05, 0) is 42.4 Å². The number of rotatable bonds is 2. The Balaban J connectivity index is 2.01. The van der Waals surface area contributed by atoms with Crippen LogP contribution in [0, 0.1) is 14.9 Å². The van der Waals surface area contributed by atoms with Crippen LogP contribution < -0.4 is 21.2 Å². The Morgan fingerprint density at radius 2 is 1.82 bits per heavy atom. The normalized spacial score (nSPS) is 21.1. The van der Waals surface area contributed by atoms with Crippen LogP contribution in [0.5, 0.6) is 0 Å². The van der Waals surface area contributed by atoms with E-state index in [9.17, 15) is 0 Å². The highest BCUT2D eigenvalue weighted by atomic mass is 127. The van der Waals surface area contributed by atoms with Crippen LogP contribution in [0.4, 0.5) is 0 Å². The fourth-order valence-electron chi connectivity index (χ4n) is 2.30. The van der Waals surface area contributed by atoms with Crippen LogP contribution in [-0.2, 0) is 0 Å². The van der Waals surface area contributed by atoms with Crippen LogP contribution >= 0.6 is 0 Å². The summed E-state index contributed by atoms with van der Waals surface area (Å²) in [5.74, 6) is 0.880. The lowest BCUT2D eigenvalue weighted by Crippen LogP contribution is -3.61. The molecule has 0 spiro atoms. The molecule has 0 saturated carbocycles. The average Bonchev–Trinajstić information content (AvgIpc) is 2.29. The molecule has 1 aliphatic rings. The van der Waals surface area contributed by atoms with Gasteiger partial charge in [-0.2, -0.15) is 0 Å². The summed E-state index contributed by atoms with van der Waals surface area (Å²) in [6.07, 6.45) is 6.53. The molecule has 92 valence electrons. The highest BCUT2D eigenvalue weighted by Crippen LogP contribution is 2.35. The standard InChI is InChI=1S/C16H22I/c1-16(2,3)13-8-7-11-15(12-13)17-14-9-5-4-6-10-14/h4-6,9-11,13H,7-8,12H2,1-3H3/q+1. The van der Waals surface area contributed by atoms with Crippen LogP contribution in [0.15, 0.2) is 40.0 Å². The Labute approximate surface area is 116 Å². The van der Waals surface area contributed by atoms with Crippen molar-refractivity contribution in [2.75, 3.05) is 0 Å². The molecule has 0 aromatic heterocycles. The Hall–Kier alpha value is -0.310. The van der Waals surface area contributed by atoms with Gasteiger partial charge in [0.05, 0.1) is 0 Å². The van der Waals surface area contributed by atoms with E-state index in [0.717, 1.165) is 5.92 Å². The maximum absolute atomic E-state index is 2.52. The molecule has 1 atom stereocenters. The van der Waals surface area contributed by atoms with Crippen molar-refractivity contribution < 1.29 is 21.2 Å². The Morgan fingerprint density at radius 3 is 2.47 bits per heavy atom. The molecule has 0 amide bonds. The Morgan fingerprint density at radius 1 is 1.12 bits per heavy atom. The minimum absolute atomic E-state index is 0.0912. The van der Waals surface area contributed by atoms with Crippen LogP contribution in [0.2, 0.25) is 0 Å². The van der Waals surface area contributed by atoms with E-state index in [1.807, 2.05) is 0 Å². The molecule has 1 unspecified atom stereocenters. The molecule has 17 heavy (non-hydrogen) atoms. The van der Waals surface area contributed by atoms with Gasteiger partial charge in [0, 0.05) is 6.42 Å². The molecule has 2 rings (SSSR count). The van der Waals surface area contributed by atoms with Crippen molar-refractivity contribution in [1.82, 2.24) is 0 Å². The monoisotopic (exact) mass is 341 g/mol. The smallest absolute Gasteiger partial charge is 0.0619 e. The molecule has 1 heteroatoms. The average molecular weight is 341 g/mol. The van der Waals surface area contributed by atoms with Crippen LogP contribution in [0.3, 0.4) is 0 Å². The first-order chi connectivity index (χ1) is 8.05. The first kappa shape index (κ1) is 13.1. The van der Waals surface area contributed by atoms with Crippen LogP contribution in [0.25, 0.3) is 0 Å². The lowest BCUT2D eigenvalue weighted by atomic mass is 9.74. The summed E-state index contributed by atoms with van der Waals surface area (Å²) in [7, 11) is 0. The van der Waals surface area contributed by atoms with Gasteiger partial charge in [0.2, 0.25) is 0 Å². The first-order valence-corrected chi connectivity index (χ1v) is 8.60. The molecule has 0 N–H and O–H groups in total. The Kier molecular flexibility index (Phi) is 4.29. The minimum atomic E-state index is 0.0912. The third-order valence-electron chi connectivity index (χ3n) is 3.51. The summed E-state index contributed by atoms with van der Waals surface area (Å²) in [5.41, 5.74) is 0.472. The lowest BCUT2D eigenvalue weighted by Gasteiger charge is -2.31. The SMILES string of the molecule is CC(C)(C)C1CCC=C([I+]c2ccccc2)C1. The van der Waals surface area contributed by atoms with E-state index in [0.29, 0.717) is 5.41 Å². The van der Waals surface area contributed by atoms with Crippen molar-refractivity contribution in [1.29, 1.82) is 0 Å². The third-order valence-corrected chi connectivity index (χ3v) is 6.43. The van der Waals surface area contributed by atoms with E-state index in [2.05, 4.69) is 57.2 Å². The number of hydrogen-bond donors (Lipinski definition) is 0. The van der Waals surface area contributed by atoms with Gasteiger partial charge in [0.25, 0.3) is 0 Å². The van der Waals surface area contributed by atoms with E-state index in [4.69, 9.17) is 0 Å². The summed E-state index contributed by atoms with van der Waals surface area (Å²) in [4.78, 5) is 0. The molecule has 0 heterocycles. The zero-order valence-electron chi connectivity index (χ0n) is 11.0. The van der Waals surface area contributed by atoms with E-state index in [-0.39, 0.29) is 21.2 Å². The van der Waals surface area contributed by atoms with Crippen molar-refractivity contribution in [2.45, 2.75) is 40.0 Å².